The van der Waals surface area contributed by atoms with Gasteiger partial charge in [0.1, 0.15) is 5.60 Å². The first-order valence-corrected chi connectivity index (χ1v) is 14.7. The van der Waals surface area contributed by atoms with E-state index in [1.165, 1.54) is 11.3 Å². The lowest BCUT2D eigenvalue weighted by Crippen LogP contribution is -2.33. The number of carbonyl (C=O) groups excluding carboxylic acids is 1. The van der Waals surface area contributed by atoms with Crippen LogP contribution in [-0.2, 0) is 16.2 Å². The fraction of sp³-hybridized carbons (Fsp3) is 0.500. The van der Waals surface area contributed by atoms with Gasteiger partial charge in [0, 0.05) is 46.0 Å². The first kappa shape index (κ1) is 26.2. The van der Waals surface area contributed by atoms with Gasteiger partial charge in [0.2, 0.25) is 0 Å². The Morgan fingerprint density at radius 1 is 0.968 bits per heavy atom. The summed E-state index contributed by atoms with van der Waals surface area (Å²) in [6.45, 7) is 8.35. The molecule has 2 aromatic rings. The molecule has 0 radical (unpaired) electrons. The molecular formula is C22H31N3O2S4. The van der Waals surface area contributed by atoms with E-state index in [4.69, 9.17) is 4.74 Å². The molecule has 2 heterocycles. The Bertz CT molecular complexity index is 815. The summed E-state index contributed by atoms with van der Waals surface area (Å²) in [7, 11) is 3.47. The van der Waals surface area contributed by atoms with Crippen molar-refractivity contribution in [3.63, 3.8) is 0 Å². The number of hydrogen-bond donors (Lipinski definition) is 1. The average Bonchev–Trinajstić information content (AvgIpc) is 2.72. The van der Waals surface area contributed by atoms with Gasteiger partial charge in [-0.15, -0.1) is 0 Å². The maximum absolute atomic E-state index is 11.7. The van der Waals surface area contributed by atoms with Crippen LogP contribution >= 0.6 is 45.1 Å². The molecule has 0 aliphatic heterocycles. The molecule has 2 rings (SSSR count). The smallest absolute Gasteiger partial charge is 0.407 e. The van der Waals surface area contributed by atoms with Crippen LogP contribution < -0.4 is 5.32 Å². The molecule has 5 nitrogen and oxygen atoms in total. The van der Waals surface area contributed by atoms with Crippen molar-refractivity contribution < 1.29 is 9.53 Å². The molecule has 170 valence electrons. The van der Waals surface area contributed by atoms with E-state index in [1.807, 2.05) is 57.1 Å². The lowest BCUT2D eigenvalue weighted by atomic mass is 10.2. The second-order valence-electron chi connectivity index (χ2n) is 7.60. The minimum Gasteiger partial charge on any atom is -0.444 e. The summed E-state index contributed by atoms with van der Waals surface area (Å²) in [4.78, 5) is 23.2. The van der Waals surface area contributed by atoms with Gasteiger partial charge in [0.05, 0.1) is 11.4 Å². The Morgan fingerprint density at radius 3 is 2.03 bits per heavy atom. The normalized spacial score (nSPS) is 11.4. The number of thioether (sulfide) groups is 2. The molecule has 0 fully saturated rings. The predicted octanol–water partition coefficient (Wildman–Crippen LogP) is 6.68. The summed E-state index contributed by atoms with van der Waals surface area (Å²) in [5, 5.41) is 2.79. The van der Waals surface area contributed by atoms with Crippen LogP contribution in [0.1, 0.15) is 45.5 Å². The highest BCUT2D eigenvalue weighted by atomic mass is 33.1. The summed E-state index contributed by atoms with van der Waals surface area (Å²) in [5.74, 6) is 3.69. The second kappa shape index (κ2) is 14.2. The maximum atomic E-state index is 11.7. The Morgan fingerprint density at radius 2 is 1.52 bits per heavy atom. The molecule has 0 unspecified atom stereocenters. The highest BCUT2D eigenvalue weighted by Crippen LogP contribution is 2.40. The maximum Gasteiger partial charge on any atom is 0.407 e. The highest BCUT2D eigenvalue weighted by molar-refractivity contribution is 8.76. The number of amides is 1. The molecule has 0 bridgehead atoms. The molecule has 0 atom stereocenters. The van der Waals surface area contributed by atoms with Crippen molar-refractivity contribution in [1.29, 1.82) is 0 Å². The Labute approximate surface area is 202 Å². The van der Waals surface area contributed by atoms with Crippen LogP contribution in [0.3, 0.4) is 0 Å². The topological polar surface area (TPSA) is 64.1 Å². The monoisotopic (exact) mass is 497 g/mol. The Balaban J connectivity index is 1.82. The van der Waals surface area contributed by atoms with Crippen molar-refractivity contribution in [3.05, 3.63) is 48.0 Å². The van der Waals surface area contributed by atoms with E-state index in [-0.39, 0.29) is 6.09 Å². The van der Waals surface area contributed by atoms with Gasteiger partial charge < -0.3 is 10.1 Å². The standard InChI is InChI=1S/C22H31N3O2S4/c1-5-13-28-15-17-19(8-6-10-23-17)30-31-20-9-7-11-24-18(20)16-29-14-12-25-21(26)27-22(2,3)4/h6-11H,5,12-16H2,1-4H3,(H,25,26). The third-order valence-electron chi connectivity index (χ3n) is 3.66. The summed E-state index contributed by atoms with van der Waals surface area (Å²) in [6, 6.07) is 8.22. The average molecular weight is 498 g/mol. The van der Waals surface area contributed by atoms with E-state index >= 15 is 0 Å². The van der Waals surface area contributed by atoms with Crippen LogP contribution in [0.25, 0.3) is 0 Å². The summed E-state index contributed by atoms with van der Waals surface area (Å²) in [6.07, 6.45) is 4.51. The number of nitrogens with one attached hydrogen (secondary N) is 1. The number of carbonyl (C=O) groups is 1. The number of alkyl carbamates (subject to hydrolysis) is 1. The van der Waals surface area contributed by atoms with Gasteiger partial charge in [-0.3, -0.25) is 9.97 Å². The van der Waals surface area contributed by atoms with Gasteiger partial charge in [-0.05, 0) is 57.2 Å². The van der Waals surface area contributed by atoms with E-state index < -0.39 is 5.60 Å². The number of ether oxygens (including phenoxy) is 1. The van der Waals surface area contributed by atoms with Crippen LogP contribution in [-0.4, -0.2) is 39.7 Å². The zero-order valence-electron chi connectivity index (χ0n) is 18.6. The van der Waals surface area contributed by atoms with Crippen molar-refractivity contribution in [2.24, 2.45) is 0 Å². The van der Waals surface area contributed by atoms with E-state index in [1.54, 1.807) is 33.3 Å². The summed E-state index contributed by atoms with van der Waals surface area (Å²) >= 11 is 3.67. The molecule has 0 aromatic carbocycles. The van der Waals surface area contributed by atoms with Crippen molar-refractivity contribution in [2.45, 2.75) is 61.0 Å². The number of pyridine rings is 2. The molecular weight excluding hydrogens is 467 g/mol. The zero-order valence-corrected chi connectivity index (χ0v) is 21.8. The Kier molecular flexibility index (Phi) is 12.0. The van der Waals surface area contributed by atoms with Gasteiger partial charge in [0.25, 0.3) is 0 Å². The fourth-order valence-corrected chi connectivity index (χ4v) is 6.52. The fourth-order valence-electron chi connectivity index (χ4n) is 2.33. The lowest BCUT2D eigenvalue weighted by Gasteiger charge is -2.19. The lowest BCUT2D eigenvalue weighted by molar-refractivity contribution is 0.0531. The molecule has 31 heavy (non-hydrogen) atoms. The van der Waals surface area contributed by atoms with Crippen molar-refractivity contribution in [1.82, 2.24) is 15.3 Å². The van der Waals surface area contributed by atoms with Gasteiger partial charge >= 0.3 is 6.09 Å². The van der Waals surface area contributed by atoms with Crippen molar-refractivity contribution in [3.8, 4) is 0 Å². The van der Waals surface area contributed by atoms with Crippen LogP contribution in [0.2, 0.25) is 0 Å². The SMILES string of the molecule is CCCSCc1ncccc1SSc1cccnc1CSCCNC(=O)OC(C)(C)C. The first-order valence-electron chi connectivity index (χ1n) is 10.2. The molecule has 1 amide bonds. The molecule has 1 N–H and O–H groups in total. The van der Waals surface area contributed by atoms with Gasteiger partial charge in [-0.1, -0.05) is 28.5 Å². The van der Waals surface area contributed by atoms with E-state index in [0.29, 0.717) is 6.54 Å². The molecule has 0 spiro atoms. The summed E-state index contributed by atoms with van der Waals surface area (Å²) in [5.41, 5.74) is 1.73. The minimum atomic E-state index is -0.474. The predicted molar refractivity (Wildman–Crippen MR) is 137 cm³/mol. The Hall–Kier alpha value is -1.03. The molecule has 2 aromatic heterocycles. The summed E-state index contributed by atoms with van der Waals surface area (Å²) < 4.78 is 5.25. The molecule has 0 saturated heterocycles. The van der Waals surface area contributed by atoms with Gasteiger partial charge in [-0.2, -0.15) is 23.5 Å². The van der Waals surface area contributed by atoms with Crippen LogP contribution in [0.4, 0.5) is 4.79 Å². The second-order valence-corrected chi connectivity index (χ2v) is 12.0. The highest BCUT2D eigenvalue weighted by Gasteiger charge is 2.15. The molecule has 0 aliphatic rings. The van der Waals surface area contributed by atoms with Gasteiger partial charge in [-0.25, -0.2) is 4.79 Å². The van der Waals surface area contributed by atoms with Crippen molar-refractivity contribution >= 4 is 51.2 Å². The number of hydrogen-bond acceptors (Lipinski definition) is 8. The third-order valence-corrected chi connectivity index (χ3v) is 8.32. The quantitative estimate of drug-likeness (QED) is 0.257. The number of aromatic nitrogens is 2. The molecule has 0 saturated carbocycles. The first-order chi connectivity index (χ1) is 14.9. The van der Waals surface area contributed by atoms with E-state index in [0.717, 1.165) is 39.3 Å². The number of rotatable bonds is 12. The largest absolute Gasteiger partial charge is 0.444 e. The van der Waals surface area contributed by atoms with E-state index in [9.17, 15) is 4.79 Å². The van der Waals surface area contributed by atoms with Crippen LogP contribution in [0.15, 0.2) is 46.5 Å². The van der Waals surface area contributed by atoms with E-state index in [2.05, 4.69) is 34.3 Å². The molecule has 0 aliphatic carbocycles. The third kappa shape index (κ3) is 10.9. The van der Waals surface area contributed by atoms with Crippen LogP contribution in [0.5, 0.6) is 0 Å². The minimum absolute atomic E-state index is 0.372. The van der Waals surface area contributed by atoms with Crippen LogP contribution in [0, 0.1) is 0 Å². The zero-order chi connectivity index (χ0) is 22.5. The number of nitrogens with zero attached hydrogens (tertiary/aromatic N) is 2. The van der Waals surface area contributed by atoms with Gasteiger partial charge in [0.15, 0.2) is 0 Å². The molecule has 9 heteroatoms. The van der Waals surface area contributed by atoms with Crippen molar-refractivity contribution in [2.75, 3.05) is 18.1 Å².